The van der Waals surface area contributed by atoms with E-state index in [1.54, 1.807) is 0 Å². The van der Waals surface area contributed by atoms with Gasteiger partial charge in [-0.15, -0.1) is 5.10 Å². The van der Waals surface area contributed by atoms with Gasteiger partial charge in [-0.2, -0.15) is 5.10 Å². The van der Waals surface area contributed by atoms with Crippen molar-refractivity contribution in [3.05, 3.63) is 40.8 Å². The molecule has 8 nitrogen and oxygen atoms in total. The maximum Gasteiger partial charge on any atom is 0.472 e. The highest BCUT2D eigenvalue weighted by molar-refractivity contribution is 9.09. The first-order valence-corrected chi connectivity index (χ1v) is 5.71. The van der Waals surface area contributed by atoms with Crippen LogP contribution in [0, 0.1) is 4.91 Å². The number of benzene rings is 1. The number of halogens is 1. The molecule has 0 fully saturated rings. The van der Waals surface area contributed by atoms with Gasteiger partial charge in [0.1, 0.15) is 4.91 Å². The first kappa shape index (κ1) is 15.8. The normalized spacial score (nSPS) is 9.94. The zero-order valence-electron chi connectivity index (χ0n) is 9.27. The summed E-state index contributed by atoms with van der Waals surface area (Å²) in [7, 11) is 0. The molecule has 0 saturated heterocycles. The first-order valence-electron chi connectivity index (χ1n) is 4.59. The number of nitrogens with two attached hydrogens (primary N) is 2. The van der Waals surface area contributed by atoms with E-state index in [1.165, 1.54) is 0 Å². The van der Waals surface area contributed by atoms with Crippen molar-refractivity contribution in [2.75, 3.05) is 5.33 Å². The number of guanidine groups is 1. The maximum atomic E-state index is 8.47. The summed E-state index contributed by atoms with van der Waals surface area (Å²) >= 11 is 3.32. The van der Waals surface area contributed by atoms with Gasteiger partial charge in [-0.3, -0.25) is 0 Å². The van der Waals surface area contributed by atoms with Crippen LogP contribution in [0.3, 0.4) is 0 Å². The van der Waals surface area contributed by atoms with Crippen LogP contribution < -0.4 is 11.5 Å². The van der Waals surface area contributed by atoms with Gasteiger partial charge in [0.15, 0.2) is 0 Å². The van der Waals surface area contributed by atoms with Gasteiger partial charge in [-0.25, -0.2) is 10.4 Å². The summed E-state index contributed by atoms with van der Waals surface area (Å²) in [6.07, 6.45) is 0. The van der Waals surface area contributed by atoms with Gasteiger partial charge in [-0.1, -0.05) is 46.3 Å². The molecule has 9 heteroatoms. The van der Waals surface area contributed by atoms with Gasteiger partial charge in [0.2, 0.25) is 5.96 Å². The molecule has 0 aliphatic rings. The molecule has 0 atom stereocenters. The molecule has 0 radical (unpaired) electrons. The lowest BCUT2D eigenvalue weighted by molar-refractivity contribution is -0.969. The Morgan fingerprint density at radius 2 is 1.72 bits per heavy atom. The fraction of sp³-hybridized carbons (Fsp3) is 0.111. The maximum absolute atomic E-state index is 8.47. The number of nitrogens with zero attached hydrogens (tertiary/aromatic N) is 3. The molecule has 0 heterocycles. The number of rotatable bonds is 3. The SMILES string of the molecule is NC(N)=N/N=C(\CBr)c1ccccc1.O=[N+](O)O. The zero-order valence-corrected chi connectivity index (χ0v) is 10.9. The Balaban J connectivity index is 0.000000631. The van der Waals surface area contributed by atoms with Crippen LogP contribution >= 0.6 is 15.9 Å². The highest BCUT2D eigenvalue weighted by Gasteiger charge is 1.99. The van der Waals surface area contributed by atoms with Crippen LogP contribution in [0.4, 0.5) is 0 Å². The Morgan fingerprint density at radius 3 is 2.11 bits per heavy atom. The number of alkyl halides is 1. The molecule has 0 spiro atoms. The molecule has 18 heavy (non-hydrogen) atoms. The van der Waals surface area contributed by atoms with E-state index in [4.69, 9.17) is 26.8 Å². The third-order valence-electron chi connectivity index (χ3n) is 1.52. The van der Waals surface area contributed by atoms with Crippen molar-refractivity contribution in [2.45, 2.75) is 0 Å². The van der Waals surface area contributed by atoms with Crippen LogP contribution in [0.15, 0.2) is 40.5 Å². The summed E-state index contributed by atoms with van der Waals surface area (Å²) in [6.45, 7) is 0. The molecule has 0 amide bonds. The van der Waals surface area contributed by atoms with Crippen LogP contribution in [-0.4, -0.2) is 32.5 Å². The van der Waals surface area contributed by atoms with Gasteiger partial charge in [0, 0.05) is 5.33 Å². The quantitative estimate of drug-likeness (QED) is 0.280. The molecule has 0 bridgehead atoms. The van der Waals surface area contributed by atoms with E-state index < -0.39 is 5.09 Å². The van der Waals surface area contributed by atoms with Crippen molar-refractivity contribution in [3.8, 4) is 0 Å². The Morgan fingerprint density at radius 1 is 1.22 bits per heavy atom. The van der Waals surface area contributed by atoms with E-state index in [-0.39, 0.29) is 5.96 Å². The summed E-state index contributed by atoms with van der Waals surface area (Å²) < 4.78 is 0. The summed E-state index contributed by atoms with van der Waals surface area (Å²) in [5.74, 6) is -0.0422. The molecule has 0 saturated carbocycles. The van der Waals surface area contributed by atoms with Crippen LogP contribution in [0.2, 0.25) is 0 Å². The molecular weight excluding hydrogens is 306 g/mol. The van der Waals surface area contributed by atoms with E-state index in [9.17, 15) is 0 Å². The molecule has 0 aliphatic carbocycles. The fourth-order valence-corrected chi connectivity index (χ4v) is 1.35. The average molecular weight is 319 g/mol. The number of hydrogen-bond donors (Lipinski definition) is 4. The van der Waals surface area contributed by atoms with Gasteiger partial charge in [-0.05, 0) is 5.56 Å². The lowest BCUT2D eigenvalue weighted by atomic mass is 10.1. The first-order chi connectivity index (χ1) is 8.47. The van der Waals surface area contributed by atoms with Gasteiger partial charge in [0.25, 0.3) is 0 Å². The van der Waals surface area contributed by atoms with Crippen molar-refractivity contribution >= 4 is 27.6 Å². The largest absolute Gasteiger partial charge is 0.472 e. The molecule has 6 N–H and O–H groups in total. The highest BCUT2D eigenvalue weighted by atomic mass is 79.9. The molecule has 1 aromatic rings. The Bertz CT molecular complexity index is 427. The second kappa shape index (κ2) is 8.93. The van der Waals surface area contributed by atoms with Crippen LogP contribution in [0.25, 0.3) is 0 Å². The second-order valence-corrected chi connectivity index (χ2v) is 3.38. The Hall–Kier alpha value is -2.16. The smallest absolute Gasteiger partial charge is 0.369 e. The van der Waals surface area contributed by atoms with Crippen molar-refractivity contribution < 1.29 is 15.5 Å². The van der Waals surface area contributed by atoms with Crippen molar-refractivity contribution in [1.29, 1.82) is 0 Å². The predicted molar refractivity (Wildman–Crippen MR) is 69.8 cm³/mol. The molecule has 1 rings (SSSR count). The van der Waals surface area contributed by atoms with Gasteiger partial charge < -0.3 is 11.5 Å². The molecule has 1 aromatic carbocycles. The molecule has 98 valence electrons. The Kier molecular flexibility index (Phi) is 7.86. The van der Waals surface area contributed by atoms with Gasteiger partial charge >= 0.3 is 5.09 Å². The Labute approximate surface area is 111 Å². The molecule has 0 aromatic heterocycles. The average Bonchev–Trinajstić information content (AvgIpc) is 2.30. The lowest BCUT2D eigenvalue weighted by Gasteiger charge is -1.99. The minimum absolute atomic E-state index is 0.0422. The van der Waals surface area contributed by atoms with Gasteiger partial charge in [0.05, 0.1) is 5.71 Å². The summed E-state index contributed by atoms with van der Waals surface area (Å²) in [6, 6.07) is 9.70. The molecular formula is C9H13BrN5O3+. The predicted octanol–water partition coefficient (Wildman–Crippen LogP) is 0.603. The summed E-state index contributed by atoms with van der Waals surface area (Å²) in [4.78, 5) is 8.47. The molecule has 0 unspecified atom stereocenters. The third kappa shape index (κ3) is 8.05. The fourth-order valence-electron chi connectivity index (χ4n) is 0.910. The highest BCUT2D eigenvalue weighted by Crippen LogP contribution is 2.03. The van der Waals surface area contributed by atoms with Crippen LogP contribution in [0.1, 0.15) is 5.56 Å². The van der Waals surface area contributed by atoms with Crippen molar-refractivity contribution in [2.24, 2.45) is 21.7 Å². The third-order valence-corrected chi connectivity index (χ3v) is 2.05. The monoisotopic (exact) mass is 318 g/mol. The van der Waals surface area contributed by atoms with Crippen LogP contribution in [-0.2, 0) is 0 Å². The van der Waals surface area contributed by atoms with E-state index in [2.05, 4.69) is 26.1 Å². The lowest BCUT2D eigenvalue weighted by Crippen LogP contribution is -2.22. The minimum Gasteiger partial charge on any atom is -0.369 e. The van der Waals surface area contributed by atoms with E-state index >= 15 is 0 Å². The number of hydrogen-bond acceptors (Lipinski definition) is 3. The van der Waals surface area contributed by atoms with Crippen molar-refractivity contribution in [1.82, 2.24) is 0 Å². The van der Waals surface area contributed by atoms with E-state index in [0.717, 1.165) is 11.3 Å². The summed E-state index contributed by atoms with van der Waals surface area (Å²) in [5, 5.41) is 20.7. The summed E-state index contributed by atoms with van der Waals surface area (Å²) in [5.41, 5.74) is 12.1. The van der Waals surface area contributed by atoms with Crippen LogP contribution in [0.5, 0.6) is 0 Å². The molecule has 0 aliphatic heterocycles. The second-order valence-electron chi connectivity index (χ2n) is 2.82. The van der Waals surface area contributed by atoms with E-state index in [0.29, 0.717) is 5.33 Å². The zero-order chi connectivity index (χ0) is 14.0. The van der Waals surface area contributed by atoms with Crippen molar-refractivity contribution in [3.63, 3.8) is 0 Å². The topological polar surface area (TPSA) is 137 Å². The minimum atomic E-state index is -1.25. The van der Waals surface area contributed by atoms with E-state index in [1.807, 2.05) is 30.3 Å². The standard InChI is InChI=1S/C9H11BrN4.H2NO3/c10-6-8(13-14-9(11)12)7-4-2-1-3-5-7;2-1(3)4/h1-5H,6H2,(H4,11,12,14);(H2,2,3,4)/q;+1/b13-8+;.